The first-order valence-corrected chi connectivity index (χ1v) is 6.68. The fourth-order valence-electron chi connectivity index (χ4n) is 2.09. The second-order valence-corrected chi connectivity index (χ2v) is 4.26. The van der Waals surface area contributed by atoms with Gasteiger partial charge in [-0.3, -0.25) is 9.59 Å². The highest BCUT2D eigenvalue weighted by molar-refractivity contribution is 6.05. The van der Waals surface area contributed by atoms with Crippen LogP contribution < -0.4 is 0 Å². The van der Waals surface area contributed by atoms with Gasteiger partial charge in [0.2, 0.25) is 0 Å². The molecule has 0 heterocycles. The fourth-order valence-corrected chi connectivity index (χ4v) is 2.09. The molecule has 0 aromatic rings. The Kier molecular flexibility index (Phi) is 6.25. The zero-order valence-corrected chi connectivity index (χ0v) is 11.5. The molecule has 0 aromatic carbocycles. The zero-order chi connectivity index (χ0) is 14.3. The molecule has 5 heteroatoms. The highest BCUT2D eigenvalue weighted by atomic mass is 16.5. The SMILES string of the molecule is CCOC(=O)CCC1=C(C(=O)OCC)CCCC1=O. The second kappa shape index (κ2) is 7.71. The average molecular weight is 268 g/mol. The third-order valence-electron chi connectivity index (χ3n) is 2.94. The van der Waals surface area contributed by atoms with Gasteiger partial charge in [-0.25, -0.2) is 4.79 Å². The minimum Gasteiger partial charge on any atom is -0.466 e. The maximum Gasteiger partial charge on any atom is 0.334 e. The predicted octanol–water partition coefficient (Wildman–Crippen LogP) is 1.94. The molecule has 0 saturated heterocycles. The van der Waals surface area contributed by atoms with E-state index in [1.807, 2.05) is 0 Å². The topological polar surface area (TPSA) is 69.7 Å². The molecule has 0 radical (unpaired) electrons. The first-order chi connectivity index (χ1) is 9.10. The smallest absolute Gasteiger partial charge is 0.334 e. The largest absolute Gasteiger partial charge is 0.466 e. The Hall–Kier alpha value is -1.65. The summed E-state index contributed by atoms with van der Waals surface area (Å²) in [6, 6.07) is 0. The molecule has 0 atom stereocenters. The summed E-state index contributed by atoms with van der Waals surface area (Å²) in [7, 11) is 0. The Morgan fingerprint density at radius 2 is 1.79 bits per heavy atom. The van der Waals surface area contributed by atoms with Gasteiger partial charge in [-0.15, -0.1) is 0 Å². The van der Waals surface area contributed by atoms with Gasteiger partial charge in [0.1, 0.15) is 0 Å². The molecule has 0 N–H and O–H groups in total. The Labute approximate surface area is 112 Å². The van der Waals surface area contributed by atoms with Crippen LogP contribution in [0.15, 0.2) is 11.1 Å². The summed E-state index contributed by atoms with van der Waals surface area (Å²) in [6.45, 7) is 4.05. The molecule has 106 valence electrons. The van der Waals surface area contributed by atoms with Gasteiger partial charge in [-0.05, 0) is 33.1 Å². The number of hydrogen-bond acceptors (Lipinski definition) is 5. The van der Waals surface area contributed by atoms with Crippen LogP contribution in [0.25, 0.3) is 0 Å². The lowest BCUT2D eigenvalue weighted by molar-refractivity contribution is -0.143. The van der Waals surface area contributed by atoms with Crippen LogP contribution in [0.5, 0.6) is 0 Å². The fraction of sp³-hybridized carbons (Fsp3) is 0.643. The summed E-state index contributed by atoms with van der Waals surface area (Å²) in [5.74, 6) is -0.843. The third kappa shape index (κ3) is 4.50. The van der Waals surface area contributed by atoms with Gasteiger partial charge in [-0.1, -0.05) is 0 Å². The Morgan fingerprint density at radius 3 is 2.42 bits per heavy atom. The molecule has 5 nitrogen and oxygen atoms in total. The van der Waals surface area contributed by atoms with Gasteiger partial charge in [0, 0.05) is 24.0 Å². The van der Waals surface area contributed by atoms with Crippen LogP contribution in [0.4, 0.5) is 0 Å². The van der Waals surface area contributed by atoms with Crippen molar-refractivity contribution in [1.82, 2.24) is 0 Å². The van der Waals surface area contributed by atoms with Crippen molar-refractivity contribution < 1.29 is 23.9 Å². The van der Waals surface area contributed by atoms with E-state index in [1.165, 1.54) is 0 Å². The summed E-state index contributed by atoms with van der Waals surface area (Å²) in [5.41, 5.74) is 0.875. The standard InChI is InChI=1S/C14H20O5/c1-3-18-13(16)9-8-10-11(14(17)19-4-2)6-5-7-12(10)15/h3-9H2,1-2H3. The lowest BCUT2D eigenvalue weighted by Gasteiger charge is -2.18. The highest BCUT2D eigenvalue weighted by Gasteiger charge is 2.26. The van der Waals surface area contributed by atoms with Gasteiger partial charge < -0.3 is 9.47 Å². The van der Waals surface area contributed by atoms with E-state index in [1.54, 1.807) is 13.8 Å². The minimum atomic E-state index is -0.436. The van der Waals surface area contributed by atoms with Crippen molar-refractivity contribution in [2.75, 3.05) is 13.2 Å². The Bertz CT molecular complexity index is 395. The first-order valence-electron chi connectivity index (χ1n) is 6.68. The van der Waals surface area contributed by atoms with E-state index in [4.69, 9.17) is 9.47 Å². The van der Waals surface area contributed by atoms with E-state index in [2.05, 4.69) is 0 Å². The van der Waals surface area contributed by atoms with E-state index in [0.29, 0.717) is 37.0 Å². The van der Waals surface area contributed by atoms with Gasteiger partial charge in [0.25, 0.3) is 0 Å². The van der Waals surface area contributed by atoms with Crippen molar-refractivity contribution in [2.45, 2.75) is 46.0 Å². The predicted molar refractivity (Wildman–Crippen MR) is 68.4 cm³/mol. The summed E-state index contributed by atoms with van der Waals surface area (Å²) in [6.07, 6.45) is 2.02. The number of carbonyl (C=O) groups excluding carboxylic acids is 3. The summed E-state index contributed by atoms with van der Waals surface area (Å²) in [5, 5.41) is 0. The highest BCUT2D eigenvalue weighted by Crippen LogP contribution is 2.26. The monoisotopic (exact) mass is 268 g/mol. The quantitative estimate of drug-likeness (QED) is 0.688. The van der Waals surface area contributed by atoms with E-state index in [0.717, 1.165) is 0 Å². The summed E-state index contributed by atoms with van der Waals surface area (Å²) in [4.78, 5) is 35.0. The molecular weight excluding hydrogens is 248 g/mol. The molecule has 0 aliphatic heterocycles. The molecule has 0 aromatic heterocycles. The van der Waals surface area contributed by atoms with Crippen molar-refractivity contribution in [1.29, 1.82) is 0 Å². The lowest BCUT2D eigenvalue weighted by Crippen LogP contribution is -2.20. The van der Waals surface area contributed by atoms with Gasteiger partial charge >= 0.3 is 11.9 Å². The maximum atomic E-state index is 11.9. The van der Waals surface area contributed by atoms with Crippen LogP contribution in [-0.4, -0.2) is 30.9 Å². The number of allylic oxidation sites excluding steroid dienone is 1. The first kappa shape index (κ1) is 15.4. The third-order valence-corrected chi connectivity index (χ3v) is 2.94. The molecule has 1 aliphatic rings. The van der Waals surface area contributed by atoms with Crippen molar-refractivity contribution in [2.24, 2.45) is 0 Å². The van der Waals surface area contributed by atoms with Gasteiger partial charge in [0.15, 0.2) is 5.78 Å². The summed E-state index contributed by atoms with van der Waals surface area (Å²) >= 11 is 0. The Morgan fingerprint density at radius 1 is 1.11 bits per heavy atom. The van der Waals surface area contributed by atoms with Crippen molar-refractivity contribution in [3.63, 3.8) is 0 Å². The van der Waals surface area contributed by atoms with E-state index in [-0.39, 0.29) is 31.2 Å². The number of Topliss-reactive ketones (excluding diaryl/α,β-unsaturated/α-hetero) is 1. The molecule has 19 heavy (non-hydrogen) atoms. The molecule has 0 bridgehead atoms. The second-order valence-electron chi connectivity index (χ2n) is 4.26. The summed E-state index contributed by atoms with van der Waals surface area (Å²) < 4.78 is 9.77. The van der Waals surface area contributed by atoms with Crippen LogP contribution in [0.1, 0.15) is 46.0 Å². The molecule has 1 rings (SSSR count). The van der Waals surface area contributed by atoms with E-state index < -0.39 is 5.97 Å². The zero-order valence-electron chi connectivity index (χ0n) is 11.5. The van der Waals surface area contributed by atoms with Crippen LogP contribution >= 0.6 is 0 Å². The number of ketones is 1. The molecule has 0 saturated carbocycles. The number of rotatable bonds is 6. The van der Waals surface area contributed by atoms with Crippen molar-refractivity contribution in [3.05, 3.63) is 11.1 Å². The lowest BCUT2D eigenvalue weighted by atomic mass is 9.88. The average Bonchev–Trinajstić information content (AvgIpc) is 2.37. The van der Waals surface area contributed by atoms with E-state index in [9.17, 15) is 14.4 Å². The van der Waals surface area contributed by atoms with E-state index >= 15 is 0 Å². The van der Waals surface area contributed by atoms with Crippen LogP contribution in [-0.2, 0) is 23.9 Å². The van der Waals surface area contributed by atoms with Crippen LogP contribution in [0, 0.1) is 0 Å². The van der Waals surface area contributed by atoms with Gasteiger partial charge in [-0.2, -0.15) is 0 Å². The Balaban J connectivity index is 2.78. The molecular formula is C14H20O5. The van der Waals surface area contributed by atoms with Crippen molar-refractivity contribution >= 4 is 17.7 Å². The number of carbonyl (C=O) groups is 3. The number of esters is 2. The maximum absolute atomic E-state index is 11.9. The number of ether oxygens (including phenoxy) is 2. The molecule has 0 spiro atoms. The molecule has 1 aliphatic carbocycles. The minimum absolute atomic E-state index is 0.0569. The molecule has 0 unspecified atom stereocenters. The number of hydrogen-bond donors (Lipinski definition) is 0. The molecule has 0 fully saturated rings. The van der Waals surface area contributed by atoms with Crippen molar-refractivity contribution in [3.8, 4) is 0 Å². The van der Waals surface area contributed by atoms with Gasteiger partial charge in [0.05, 0.1) is 13.2 Å². The van der Waals surface area contributed by atoms with Crippen LogP contribution in [0.2, 0.25) is 0 Å². The molecule has 0 amide bonds. The normalized spacial score (nSPS) is 15.4. The van der Waals surface area contributed by atoms with Crippen LogP contribution in [0.3, 0.4) is 0 Å².